The van der Waals surface area contributed by atoms with Crippen molar-refractivity contribution in [2.45, 2.75) is 33.1 Å². The lowest BCUT2D eigenvalue weighted by molar-refractivity contribution is 0.0967. The molecule has 1 atom stereocenters. The Hall–Kier alpha value is -4.72. The highest BCUT2D eigenvalue weighted by Gasteiger charge is 2.34. The number of para-hydroxylation sites is 2. The summed E-state index contributed by atoms with van der Waals surface area (Å²) in [6.07, 6.45) is -0.466. The van der Waals surface area contributed by atoms with Gasteiger partial charge in [0, 0.05) is 58.1 Å². The van der Waals surface area contributed by atoms with E-state index in [0.717, 1.165) is 60.5 Å². The van der Waals surface area contributed by atoms with Crippen LogP contribution in [0.25, 0.3) is 43.6 Å². The minimum absolute atomic E-state index is 0.0146. The number of rotatable bonds is 4. The summed E-state index contributed by atoms with van der Waals surface area (Å²) in [6, 6.07) is 20.4. The molecule has 2 aliphatic rings. The monoisotopic (exact) mass is 518 g/mol. The number of hydrogen-bond donors (Lipinski definition) is 2. The highest BCUT2D eigenvalue weighted by Crippen LogP contribution is 2.46. The average Bonchev–Trinajstić information content (AvgIpc) is 3.67. The molecule has 0 spiro atoms. The number of alkyl carbamates (subject to hydrolysis) is 1. The molecule has 0 bridgehead atoms. The van der Waals surface area contributed by atoms with Crippen molar-refractivity contribution in [1.29, 1.82) is 0 Å². The van der Waals surface area contributed by atoms with Gasteiger partial charge in [-0.15, -0.1) is 0 Å². The Morgan fingerprint density at radius 2 is 1.64 bits per heavy atom. The van der Waals surface area contributed by atoms with E-state index in [-0.39, 0.29) is 25.0 Å². The largest absolute Gasteiger partial charge is 0.465 e. The molecular formula is C31H26N4O4. The molecule has 3 aromatic carbocycles. The zero-order chi connectivity index (χ0) is 26.2. The third kappa shape index (κ3) is 3.17. The number of nitrogens with zero attached hydrogens (tertiary/aromatic N) is 2. The van der Waals surface area contributed by atoms with Crippen molar-refractivity contribution in [1.82, 2.24) is 19.8 Å². The number of fused-ring (bicyclic) bond motifs is 9. The molecule has 2 N–H and O–H groups in total. The molecule has 6 aromatic rings. The molecule has 0 radical (unpaired) electrons. The number of aryl methyl sites for hydroxylation is 1. The zero-order valence-corrected chi connectivity index (χ0v) is 21.4. The van der Waals surface area contributed by atoms with E-state index in [1.165, 1.54) is 0 Å². The topological polar surface area (TPSA) is 90.4 Å². The Morgan fingerprint density at radius 3 is 2.33 bits per heavy atom. The predicted molar refractivity (Wildman–Crippen MR) is 149 cm³/mol. The lowest BCUT2D eigenvalue weighted by Gasteiger charge is -2.18. The molecule has 0 fully saturated rings. The van der Waals surface area contributed by atoms with Crippen LogP contribution in [0.2, 0.25) is 0 Å². The number of hydrogen-bond acceptors (Lipinski definition) is 4. The van der Waals surface area contributed by atoms with Gasteiger partial charge in [-0.3, -0.25) is 4.79 Å². The summed E-state index contributed by atoms with van der Waals surface area (Å²) in [5, 5.41) is 10.3. The maximum Gasteiger partial charge on any atom is 0.407 e. The van der Waals surface area contributed by atoms with Crippen LogP contribution in [0.3, 0.4) is 0 Å². The van der Waals surface area contributed by atoms with E-state index in [0.29, 0.717) is 25.4 Å². The molecule has 8 heteroatoms. The summed E-state index contributed by atoms with van der Waals surface area (Å²) >= 11 is 0. The minimum atomic E-state index is -0.466. The third-order valence-corrected chi connectivity index (χ3v) is 8.21. The summed E-state index contributed by atoms with van der Waals surface area (Å²) in [5.41, 5.74) is 6.31. The van der Waals surface area contributed by atoms with Gasteiger partial charge < -0.3 is 28.9 Å². The molecule has 5 heterocycles. The Balaban J connectivity index is 1.26. The van der Waals surface area contributed by atoms with E-state index < -0.39 is 6.09 Å². The van der Waals surface area contributed by atoms with Crippen LogP contribution in [-0.4, -0.2) is 27.7 Å². The molecule has 0 saturated carbocycles. The van der Waals surface area contributed by atoms with Crippen molar-refractivity contribution < 1.29 is 18.7 Å². The molecule has 0 saturated heterocycles. The number of benzene rings is 3. The molecule has 39 heavy (non-hydrogen) atoms. The first-order valence-electron chi connectivity index (χ1n) is 13.3. The van der Waals surface area contributed by atoms with Gasteiger partial charge in [0.15, 0.2) is 0 Å². The van der Waals surface area contributed by atoms with Crippen molar-refractivity contribution in [3.05, 3.63) is 83.3 Å². The zero-order valence-electron chi connectivity index (χ0n) is 21.4. The fourth-order valence-electron chi connectivity index (χ4n) is 6.66. The fraction of sp³-hybridized carbons (Fsp3) is 0.226. The van der Waals surface area contributed by atoms with Crippen LogP contribution in [0.15, 0.2) is 65.1 Å². The van der Waals surface area contributed by atoms with E-state index in [1.807, 2.05) is 31.2 Å². The molecular weight excluding hydrogens is 492 g/mol. The maximum absolute atomic E-state index is 13.2. The molecule has 8 nitrogen and oxygen atoms in total. The smallest absolute Gasteiger partial charge is 0.407 e. The van der Waals surface area contributed by atoms with E-state index in [2.05, 4.69) is 56.2 Å². The number of ether oxygens (including phenoxy) is 1. The first kappa shape index (κ1) is 22.3. The SMILES string of the molecule is Cc1ccc(CNC(=O)OCC2Cn3c4ccccc4c4c5c(c6c7ccccc7n(c6c43)C2)C(=O)NC5)o1. The Bertz CT molecular complexity index is 1990. The van der Waals surface area contributed by atoms with Crippen LogP contribution in [0.5, 0.6) is 0 Å². The highest BCUT2D eigenvalue weighted by atomic mass is 16.5. The number of carbonyl (C=O) groups is 2. The van der Waals surface area contributed by atoms with Crippen molar-refractivity contribution in [3.63, 3.8) is 0 Å². The number of aromatic nitrogens is 2. The summed E-state index contributed by atoms with van der Waals surface area (Å²) in [6.45, 7) is 4.30. The second-order valence-corrected chi connectivity index (χ2v) is 10.6. The Kier molecular flexibility index (Phi) is 4.65. The van der Waals surface area contributed by atoms with Crippen molar-refractivity contribution >= 4 is 55.6 Å². The van der Waals surface area contributed by atoms with Gasteiger partial charge in [-0.05, 0) is 36.8 Å². The lowest BCUT2D eigenvalue weighted by atomic mass is 9.97. The van der Waals surface area contributed by atoms with Gasteiger partial charge >= 0.3 is 6.09 Å². The van der Waals surface area contributed by atoms with Gasteiger partial charge in [0.2, 0.25) is 0 Å². The normalized spacial score (nSPS) is 16.3. The van der Waals surface area contributed by atoms with Crippen LogP contribution in [0.4, 0.5) is 4.79 Å². The molecule has 1 unspecified atom stereocenters. The number of nitrogens with one attached hydrogen (secondary N) is 2. The number of carbonyl (C=O) groups excluding carboxylic acids is 2. The summed E-state index contributed by atoms with van der Waals surface area (Å²) in [5.74, 6) is 1.50. The maximum atomic E-state index is 13.2. The van der Waals surface area contributed by atoms with Gasteiger partial charge in [-0.1, -0.05) is 36.4 Å². The second kappa shape index (κ2) is 8.14. The van der Waals surface area contributed by atoms with Crippen LogP contribution in [0, 0.1) is 12.8 Å². The Morgan fingerprint density at radius 1 is 0.974 bits per heavy atom. The van der Waals surface area contributed by atoms with Crippen LogP contribution in [0.1, 0.15) is 27.4 Å². The molecule has 8 rings (SSSR count). The first-order valence-corrected chi connectivity index (χ1v) is 13.3. The van der Waals surface area contributed by atoms with Gasteiger partial charge in [-0.25, -0.2) is 4.79 Å². The molecule has 194 valence electrons. The minimum Gasteiger partial charge on any atom is -0.465 e. The van der Waals surface area contributed by atoms with Gasteiger partial charge in [-0.2, -0.15) is 0 Å². The van der Waals surface area contributed by atoms with Gasteiger partial charge in [0.25, 0.3) is 5.91 Å². The Labute approximate surface area is 223 Å². The van der Waals surface area contributed by atoms with Gasteiger partial charge in [0.05, 0.1) is 29.7 Å². The number of amides is 2. The van der Waals surface area contributed by atoms with E-state index in [1.54, 1.807) is 0 Å². The van der Waals surface area contributed by atoms with Crippen LogP contribution < -0.4 is 10.6 Å². The van der Waals surface area contributed by atoms with Crippen molar-refractivity contribution in [2.24, 2.45) is 5.92 Å². The molecule has 2 amide bonds. The van der Waals surface area contributed by atoms with Crippen LogP contribution in [-0.2, 0) is 30.9 Å². The standard InChI is InChI=1S/C31H26N4O4/c1-17-10-11-19(39-17)12-33-31(37)38-16-18-14-34-23-8-4-2-6-20(23)25-22-13-32-30(36)27(22)26-21-7-3-5-9-24(21)35(15-18)29(26)28(25)34/h2-11,18H,12-16H2,1H3,(H,32,36)(H,33,37). The van der Waals surface area contributed by atoms with E-state index in [9.17, 15) is 9.59 Å². The summed E-state index contributed by atoms with van der Waals surface area (Å²) in [7, 11) is 0. The van der Waals surface area contributed by atoms with Crippen LogP contribution >= 0.6 is 0 Å². The first-order chi connectivity index (χ1) is 19.1. The lowest BCUT2D eigenvalue weighted by Crippen LogP contribution is -2.28. The molecule has 2 aliphatic heterocycles. The van der Waals surface area contributed by atoms with E-state index in [4.69, 9.17) is 9.15 Å². The summed E-state index contributed by atoms with van der Waals surface area (Å²) < 4.78 is 16.0. The van der Waals surface area contributed by atoms with Gasteiger partial charge in [0.1, 0.15) is 11.5 Å². The molecule has 3 aromatic heterocycles. The molecule has 0 aliphatic carbocycles. The fourth-order valence-corrected chi connectivity index (χ4v) is 6.66. The van der Waals surface area contributed by atoms with E-state index >= 15 is 0 Å². The number of furan rings is 1. The summed E-state index contributed by atoms with van der Waals surface area (Å²) in [4.78, 5) is 25.8. The second-order valence-electron chi connectivity index (χ2n) is 10.6. The third-order valence-electron chi connectivity index (χ3n) is 8.21. The van der Waals surface area contributed by atoms with Crippen molar-refractivity contribution in [2.75, 3.05) is 6.61 Å². The van der Waals surface area contributed by atoms with Crippen molar-refractivity contribution in [3.8, 4) is 0 Å². The quantitative estimate of drug-likeness (QED) is 0.318. The highest BCUT2D eigenvalue weighted by molar-refractivity contribution is 6.30. The predicted octanol–water partition coefficient (Wildman–Crippen LogP) is 5.60. The average molecular weight is 519 g/mol.